The summed E-state index contributed by atoms with van der Waals surface area (Å²) in [7, 11) is 0. The minimum Gasteiger partial charge on any atom is -0.176 e. The van der Waals surface area contributed by atoms with Crippen LogP contribution in [0.25, 0.3) is 0 Å². The van der Waals surface area contributed by atoms with E-state index in [9.17, 15) is 0 Å². The minimum absolute atomic E-state index is 1.04. The van der Waals surface area contributed by atoms with E-state index in [0.29, 0.717) is 0 Å². The maximum atomic E-state index is 2.47. The molecule has 24 heavy (non-hydrogen) atoms. The Morgan fingerprint density at radius 1 is 0.542 bits per heavy atom. The first kappa shape index (κ1) is 16.7. The van der Waals surface area contributed by atoms with Gasteiger partial charge in [-0.2, -0.15) is 10.0 Å². The Labute approximate surface area is 145 Å². The molecule has 0 aromatic carbocycles. The van der Waals surface area contributed by atoms with Crippen molar-refractivity contribution in [2.24, 2.45) is 0 Å². The molecule has 2 aromatic heterocycles. The van der Waals surface area contributed by atoms with E-state index < -0.39 is 0 Å². The number of hydrogen-bond donors (Lipinski definition) is 0. The quantitative estimate of drug-likeness (QED) is 0.780. The fraction of sp³-hybridized carbons (Fsp3) is 0.500. The van der Waals surface area contributed by atoms with Crippen molar-refractivity contribution in [1.82, 2.24) is 0 Å². The van der Waals surface area contributed by atoms with E-state index in [0.717, 1.165) is 26.2 Å². The standard InChI is InChI=1S/C20H30N4/c1-15-11-17(3)23(18(4)12-15)21-7-9-22(10-8-21)24-19(5)13-16(2)14-20(24)6/h11-14H,7-10H2,1-6H3/q+2. The highest BCUT2D eigenvalue weighted by molar-refractivity contribution is 5.15. The van der Waals surface area contributed by atoms with Crippen molar-refractivity contribution in [3.63, 3.8) is 0 Å². The first-order valence-electron chi connectivity index (χ1n) is 8.87. The molecule has 0 N–H and O–H groups in total. The summed E-state index contributed by atoms with van der Waals surface area (Å²) in [5, 5.41) is 4.94. The lowest BCUT2D eigenvalue weighted by molar-refractivity contribution is -0.722. The zero-order chi connectivity index (χ0) is 17.4. The third-order valence-electron chi connectivity index (χ3n) is 4.88. The summed E-state index contributed by atoms with van der Waals surface area (Å²) in [6.07, 6.45) is 0. The minimum atomic E-state index is 1.04. The van der Waals surface area contributed by atoms with Gasteiger partial charge < -0.3 is 0 Å². The smallest absolute Gasteiger partial charge is 0.176 e. The molecule has 0 aliphatic carbocycles. The summed E-state index contributed by atoms with van der Waals surface area (Å²) in [6, 6.07) is 9.07. The van der Waals surface area contributed by atoms with Gasteiger partial charge in [-0.3, -0.25) is 0 Å². The van der Waals surface area contributed by atoms with E-state index in [1.54, 1.807) is 0 Å². The van der Waals surface area contributed by atoms with E-state index in [1.807, 2.05) is 0 Å². The maximum absolute atomic E-state index is 2.47. The molecule has 1 aliphatic rings. The monoisotopic (exact) mass is 326 g/mol. The van der Waals surface area contributed by atoms with Crippen molar-refractivity contribution in [2.75, 3.05) is 36.2 Å². The molecule has 3 rings (SSSR count). The van der Waals surface area contributed by atoms with Crippen LogP contribution in [0.15, 0.2) is 24.3 Å². The maximum Gasteiger partial charge on any atom is 0.209 e. The fourth-order valence-corrected chi connectivity index (χ4v) is 4.18. The molecule has 1 aliphatic heterocycles. The normalized spacial score (nSPS) is 15.1. The fourth-order valence-electron chi connectivity index (χ4n) is 4.18. The lowest BCUT2D eigenvalue weighted by atomic mass is 10.2. The van der Waals surface area contributed by atoms with Crippen molar-refractivity contribution in [2.45, 2.75) is 41.5 Å². The summed E-state index contributed by atoms with van der Waals surface area (Å²) in [6.45, 7) is 17.3. The Balaban J connectivity index is 1.80. The highest BCUT2D eigenvalue weighted by Crippen LogP contribution is 2.06. The molecule has 0 amide bonds. The molecule has 3 heterocycles. The van der Waals surface area contributed by atoms with E-state index >= 15 is 0 Å². The summed E-state index contributed by atoms with van der Waals surface area (Å²) in [5.41, 5.74) is 7.93. The third-order valence-corrected chi connectivity index (χ3v) is 4.88. The topological polar surface area (TPSA) is 14.2 Å². The van der Waals surface area contributed by atoms with Gasteiger partial charge in [-0.05, 0) is 25.0 Å². The predicted octanol–water partition coefficient (Wildman–Crippen LogP) is 1.70. The van der Waals surface area contributed by atoms with Crippen LogP contribution in [0.1, 0.15) is 33.9 Å². The van der Waals surface area contributed by atoms with Crippen LogP contribution in [0.5, 0.6) is 0 Å². The van der Waals surface area contributed by atoms with Gasteiger partial charge in [0, 0.05) is 52.0 Å². The van der Waals surface area contributed by atoms with Gasteiger partial charge in [0.1, 0.15) is 0 Å². The average molecular weight is 326 g/mol. The van der Waals surface area contributed by atoms with Gasteiger partial charge >= 0.3 is 0 Å². The Morgan fingerprint density at radius 3 is 1.04 bits per heavy atom. The van der Waals surface area contributed by atoms with Gasteiger partial charge in [0.05, 0.1) is 26.2 Å². The molecule has 0 atom stereocenters. The van der Waals surface area contributed by atoms with E-state index in [1.165, 1.54) is 33.9 Å². The zero-order valence-corrected chi connectivity index (χ0v) is 15.9. The summed E-state index contributed by atoms with van der Waals surface area (Å²) in [5.74, 6) is 0. The average Bonchev–Trinajstić information content (AvgIpc) is 2.46. The molecular formula is C20H30N4+2. The van der Waals surface area contributed by atoms with E-state index in [2.05, 4.69) is 85.2 Å². The van der Waals surface area contributed by atoms with Gasteiger partial charge in [-0.1, -0.05) is 9.35 Å². The van der Waals surface area contributed by atoms with E-state index in [-0.39, 0.29) is 0 Å². The second-order valence-electron chi connectivity index (χ2n) is 7.16. The van der Waals surface area contributed by atoms with Crippen LogP contribution in [-0.4, -0.2) is 26.2 Å². The van der Waals surface area contributed by atoms with Crippen LogP contribution in [0.3, 0.4) is 0 Å². The van der Waals surface area contributed by atoms with Gasteiger partial charge in [0.15, 0.2) is 0 Å². The number of rotatable bonds is 2. The summed E-state index contributed by atoms with van der Waals surface area (Å²) < 4.78 is 4.76. The Bertz CT molecular complexity index is 647. The van der Waals surface area contributed by atoms with Crippen molar-refractivity contribution < 1.29 is 9.35 Å². The second kappa shape index (κ2) is 6.42. The summed E-state index contributed by atoms with van der Waals surface area (Å²) in [4.78, 5) is 0. The van der Waals surface area contributed by atoms with E-state index in [4.69, 9.17) is 0 Å². The SMILES string of the molecule is Cc1cc(C)[n+](N2CCN([n+]3c(C)cc(C)cc3C)CC2)c(C)c1. The molecule has 0 bridgehead atoms. The zero-order valence-electron chi connectivity index (χ0n) is 15.9. The highest BCUT2D eigenvalue weighted by Gasteiger charge is 2.30. The van der Waals surface area contributed by atoms with Crippen LogP contribution in [0.2, 0.25) is 0 Å². The first-order valence-corrected chi connectivity index (χ1v) is 8.87. The summed E-state index contributed by atoms with van der Waals surface area (Å²) >= 11 is 0. The molecule has 4 heteroatoms. The molecule has 0 saturated carbocycles. The lowest BCUT2D eigenvalue weighted by Gasteiger charge is -2.30. The first-order chi connectivity index (χ1) is 11.4. The molecule has 1 fully saturated rings. The van der Waals surface area contributed by atoms with Crippen molar-refractivity contribution in [1.29, 1.82) is 0 Å². The molecule has 4 nitrogen and oxygen atoms in total. The van der Waals surface area contributed by atoms with Crippen LogP contribution < -0.4 is 19.4 Å². The number of pyridine rings is 2. The van der Waals surface area contributed by atoms with Gasteiger partial charge in [-0.15, -0.1) is 0 Å². The number of aromatic nitrogens is 2. The second-order valence-corrected chi connectivity index (χ2v) is 7.16. The molecule has 0 unspecified atom stereocenters. The molecule has 1 saturated heterocycles. The van der Waals surface area contributed by atoms with Crippen molar-refractivity contribution in [3.8, 4) is 0 Å². The van der Waals surface area contributed by atoms with Crippen molar-refractivity contribution in [3.05, 3.63) is 58.2 Å². The van der Waals surface area contributed by atoms with Gasteiger partial charge in [-0.25, -0.2) is 0 Å². The van der Waals surface area contributed by atoms with Crippen molar-refractivity contribution >= 4 is 0 Å². The predicted molar refractivity (Wildman–Crippen MR) is 97.6 cm³/mol. The number of hydrogen-bond acceptors (Lipinski definition) is 2. The number of piperazine rings is 1. The third kappa shape index (κ3) is 3.10. The van der Waals surface area contributed by atoms with Gasteiger partial charge in [0.2, 0.25) is 22.8 Å². The Hall–Kier alpha value is -2.10. The number of nitrogens with zero attached hydrogens (tertiary/aromatic N) is 4. The highest BCUT2D eigenvalue weighted by atomic mass is 15.6. The molecular weight excluding hydrogens is 296 g/mol. The molecule has 128 valence electrons. The molecule has 2 aromatic rings. The number of aryl methyl sites for hydroxylation is 6. The largest absolute Gasteiger partial charge is 0.209 e. The molecule has 0 spiro atoms. The Kier molecular flexibility index (Phi) is 4.48. The van der Waals surface area contributed by atoms with Crippen LogP contribution in [0.4, 0.5) is 0 Å². The van der Waals surface area contributed by atoms with Gasteiger partial charge in [0.25, 0.3) is 0 Å². The van der Waals surface area contributed by atoms with Crippen LogP contribution >= 0.6 is 0 Å². The molecule has 0 radical (unpaired) electrons. The Morgan fingerprint density at radius 2 is 0.792 bits per heavy atom. The lowest BCUT2D eigenvalue weighted by Crippen LogP contribution is -2.73. The van der Waals surface area contributed by atoms with Crippen LogP contribution in [0, 0.1) is 41.5 Å². The van der Waals surface area contributed by atoms with Crippen LogP contribution in [-0.2, 0) is 0 Å².